The molecule has 0 aliphatic carbocycles. The van der Waals surface area contributed by atoms with Crippen LogP contribution < -0.4 is 0 Å². The maximum atomic E-state index is 3.70. The fourth-order valence-corrected chi connectivity index (χ4v) is 1.10. The van der Waals surface area contributed by atoms with Crippen LogP contribution in [-0.4, -0.2) is 0 Å². The van der Waals surface area contributed by atoms with Gasteiger partial charge < -0.3 is 0 Å². The molecule has 68 valence electrons. The first-order valence-corrected chi connectivity index (χ1v) is 4.80. The molecule has 0 saturated carbocycles. The van der Waals surface area contributed by atoms with Crippen molar-refractivity contribution < 1.29 is 0 Å². The summed E-state index contributed by atoms with van der Waals surface area (Å²) in [6.07, 6.45) is 15.7. The van der Waals surface area contributed by atoms with Gasteiger partial charge in [-0.3, -0.25) is 0 Å². The van der Waals surface area contributed by atoms with Crippen LogP contribution in [0.5, 0.6) is 0 Å². The molecule has 0 nitrogen and oxygen atoms in total. The summed E-state index contributed by atoms with van der Waals surface area (Å²) in [6.45, 7) is 7.32. The van der Waals surface area contributed by atoms with E-state index < -0.39 is 0 Å². The molecule has 0 aliphatic heterocycles. The Bertz CT molecular complexity index is 131. The number of rotatable bonds is 8. The fourth-order valence-electron chi connectivity index (χ4n) is 1.10. The van der Waals surface area contributed by atoms with Crippen LogP contribution >= 0.6 is 0 Å². The van der Waals surface area contributed by atoms with E-state index in [4.69, 9.17) is 0 Å². The molecule has 0 radical (unpaired) electrons. The molecule has 0 spiro atoms. The molecule has 0 unspecified atom stereocenters. The second kappa shape index (κ2) is 10.2. The van der Waals surface area contributed by atoms with Crippen molar-refractivity contribution in [3.63, 3.8) is 0 Å². The predicted octanol–water partition coefficient (Wildman–Crippen LogP) is 4.26. The van der Waals surface area contributed by atoms with Crippen LogP contribution in [0.4, 0.5) is 0 Å². The van der Waals surface area contributed by atoms with Gasteiger partial charge in [0.05, 0.1) is 0 Å². The Morgan fingerprint density at radius 1 is 0.833 bits per heavy atom. The molecule has 0 aliphatic rings. The standard InChI is InChI=1S/C12H20/c1-3-5-7-9-11-12-10-8-6-4-2/h3-5,7H,1-2,6,8-12H2. The zero-order chi connectivity index (χ0) is 9.07. The molecule has 0 rings (SSSR count). The summed E-state index contributed by atoms with van der Waals surface area (Å²) >= 11 is 0. The third kappa shape index (κ3) is 9.22. The highest BCUT2D eigenvalue weighted by atomic mass is 13.9. The van der Waals surface area contributed by atoms with E-state index in [1.165, 1.54) is 38.5 Å². The molecule has 0 bridgehead atoms. The van der Waals surface area contributed by atoms with Crippen molar-refractivity contribution in [2.45, 2.75) is 38.5 Å². The van der Waals surface area contributed by atoms with Gasteiger partial charge in [-0.1, -0.05) is 43.7 Å². The van der Waals surface area contributed by atoms with Gasteiger partial charge in [0.25, 0.3) is 0 Å². The van der Waals surface area contributed by atoms with E-state index in [0.29, 0.717) is 0 Å². The lowest BCUT2D eigenvalue weighted by Crippen LogP contribution is -1.75. The summed E-state index contributed by atoms with van der Waals surface area (Å²) < 4.78 is 0. The zero-order valence-electron chi connectivity index (χ0n) is 7.97. The molecular formula is C12H20. The molecule has 0 atom stereocenters. The van der Waals surface area contributed by atoms with Crippen molar-refractivity contribution in [1.29, 1.82) is 0 Å². The van der Waals surface area contributed by atoms with Gasteiger partial charge in [0, 0.05) is 0 Å². The van der Waals surface area contributed by atoms with Crippen molar-refractivity contribution in [2.24, 2.45) is 0 Å². The topological polar surface area (TPSA) is 0 Å². The number of allylic oxidation sites excluding steroid dienone is 4. The molecule has 0 aromatic carbocycles. The van der Waals surface area contributed by atoms with Gasteiger partial charge in [0.15, 0.2) is 0 Å². The van der Waals surface area contributed by atoms with Crippen molar-refractivity contribution in [3.05, 3.63) is 37.5 Å². The lowest BCUT2D eigenvalue weighted by atomic mass is 10.1. The van der Waals surface area contributed by atoms with Crippen molar-refractivity contribution in [2.75, 3.05) is 0 Å². The Hall–Kier alpha value is -0.780. The Labute approximate surface area is 76.7 Å². The molecule has 0 amide bonds. The maximum Gasteiger partial charge on any atom is -0.0348 e. The van der Waals surface area contributed by atoms with E-state index in [9.17, 15) is 0 Å². The highest BCUT2D eigenvalue weighted by Crippen LogP contribution is 2.05. The van der Waals surface area contributed by atoms with E-state index in [1.807, 2.05) is 18.2 Å². The molecule has 0 heterocycles. The average Bonchev–Trinajstić information content (AvgIpc) is 2.10. The Morgan fingerprint density at radius 3 is 2.08 bits per heavy atom. The van der Waals surface area contributed by atoms with Gasteiger partial charge in [-0.25, -0.2) is 0 Å². The van der Waals surface area contributed by atoms with Gasteiger partial charge in [-0.2, -0.15) is 0 Å². The first kappa shape index (κ1) is 11.2. The van der Waals surface area contributed by atoms with E-state index in [0.717, 1.165) is 0 Å². The van der Waals surface area contributed by atoms with Crippen LogP contribution in [0.15, 0.2) is 37.5 Å². The first-order chi connectivity index (χ1) is 5.91. The Balaban J connectivity index is 2.95. The van der Waals surface area contributed by atoms with Crippen molar-refractivity contribution in [3.8, 4) is 0 Å². The lowest BCUT2D eigenvalue weighted by molar-refractivity contribution is 0.652. The van der Waals surface area contributed by atoms with E-state index >= 15 is 0 Å². The van der Waals surface area contributed by atoms with E-state index in [-0.39, 0.29) is 0 Å². The van der Waals surface area contributed by atoms with Crippen LogP contribution in [0.2, 0.25) is 0 Å². The van der Waals surface area contributed by atoms with Gasteiger partial charge in [0.1, 0.15) is 0 Å². The summed E-state index contributed by atoms with van der Waals surface area (Å²) in [5.41, 5.74) is 0. The van der Waals surface area contributed by atoms with Crippen LogP contribution in [0.25, 0.3) is 0 Å². The first-order valence-electron chi connectivity index (χ1n) is 4.80. The Morgan fingerprint density at radius 2 is 1.50 bits per heavy atom. The van der Waals surface area contributed by atoms with Crippen molar-refractivity contribution in [1.82, 2.24) is 0 Å². The van der Waals surface area contributed by atoms with Gasteiger partial charge in [-0.05, 0) is 25.7 Å². The normalized spacial score (nSPS) is 10.3. The summed E-state index contributed by atoms with van der Waals surface area (Å²) in [5.74, 6) is 0. The second-order valence-electron chi connectivity index (χ2n) is 2.94. The zero-order valence-corrected chi connectivity index (χ0v) is 7.97. The number of unbranched alkanes of at least 4 members (excludes halogenated alkanes) is 5. The lowest BCUT2D eigenvalue weighted by Gasteiger charge is -1.95. The molecule has 0 heteroatoms. The summed E-state index contributed by atoms with van der Waals surface area (Å²) in [5, 5.41) is 0. The molecule has 0 saturated heterocycles. The van der Waals surface area contributed by atoms with Crippen LogP contribution in [0.1, 0.15) is 38.5 Å². The predicted molar refractivity (Wildman–Crippen MR) is 57.2 cm³/mol. The SMILES string of the molecule is C=CC=CCCCCCCC=C. The molecule has 12 heavy (non-hydrogen) atoms. The third-order valence-electron chi connectivity index (χ3n) is 1.80. The Kier molecular flexibility index (Phi) is 9.56. The van der Waals surface area contributed by atoms with Crippen molar-refractivity contribution >= 4 is 0 Å². The van der Waals surface area contributed by atoms with Crippen LogP contribution in [0.3, 0.4) is 0 Å². The minimum Gasteiger partial charge on any atom is -0.103 e. The molecule has 0 N–H and O–H groups in total. The highest BCUT2D eigenvalue weighted by molar-refractivity contribution is 4.96. The van der Waals surface area contributed by atoms with Crippen LogP contribution in [0, 0.1) is 0 Å². The maximum absolute atomic E-state index is 3.70. The van der Waals surface area contributed by atoms with Gasteiger partial charge in [-0.15, -0.1) is 6.58 Å². The number of hydrogen-bond acceptors (Lipinski definition) is 0. The molecular weight excluding hydrogens is 144 g/mol. The fraction of sp³-hybridized carbons (Fsp3) is 0.500. The van der Waals surface area contributed by atoms with Crippen LogP contribution in [-0.2, 0) is 0 Å². The monoisotopic (exact) mass is 164 g/mol. The minimum absolute atomic E-state index is 1.17. The smallest absolute Gasteiger partial charge is 0.0348 e. The van der Waals surface area contributed by atoms with Gasteiger partial charge in [0.2, 0.25) is 0 Å². The molecule has 0 aromatic rings. The summed E-state index contributed by atoms with van der Waals surface area (Å²) in [6, 6.07) is 0. The molecule has 0 fully saturated rings. The summed E-state index contributed by atoms with van der Waals surface area (Å²) in [4.78, 5) is 0. The summed E-state index contributed by atoms with van der Waals surface area (Å²) in [7, 11) is 0. The highest BCUT2D eigenvalue weighted by Gasteiger charge is 1.86. The largest absolute Gasteiger partial charge is 0.103 e. The average molecular weight is 164 g/mol. The van der Waals surface area contributed by atoms with E-state index in [1.54, 1.807) is 0 Å². The van der Waals surface area contributed by atoms with Gasteiger partial charge >= 0.3 is 0 Å². The minimum atomic E-state index is 1.17. The number of hydrogen-bond donors (Lipinski definition) is 0. The second-order valence-corrected chi connectivity index (χ2v) is 2.94. The van der Waals surface area contributed by atoms with E-state index in [2.05, 4.69) is 19.2 Å². The third-order valence-corrected chi connectivity index (χ3v) is 1.80. The quantitative estimate of drug-likeness (QED) is 0.286. The molecule has 0 aromatic heterocycles.